The third-order valence-electron chi connectivity index (χ3n) is 11.2. The van der Waals surface area contributed by atoms with Gasteiger partial charge in [-0.1, -0.05) is 146 Å². The lowest BCUT2D eigenvalue weighted by Crippen LogP contribution is -2.10. The van der Waals surface area contributed by atoms with Gasteiger partial charge in [-0.2, -0.15) is 0 Å². The van der Waals surface area contributed by atoms with Crippen LogP contribution in [0.15, 0.2) is 223 Å². The fourth-order valence-corrected chi connectivity index (χ4v) is 8.42. The Morgan fingerprint density at radius 1 is 0.298 bits per heavy atom. The van der Waals surface area contributed by atoms with Crippen LogP contribution in [0.25, 0.3) is 82.8 Å². The average molecular weight is 729 g/mol. The highest BCUT2D eigenvalue weighted by atomic mass is 16.3. The highest BCUT2D eigenvalue weighted by Gasteiger charge is 2.17. The fourth-order valence-electron chi connectivity index (χ4n) is 8.42. The molecule has 3 heteroatoms. The van der Waals surface area contributed by atoms with Gasteiger partial charge in [-0.25, -0.2) is 0 Å². The van der Waals surface area contributed by atoms with E-state index in [1.807, 2.05) is 12.1 Å². The molecule has 9 aromatic carbocycles. The summed E-state index contributed by atoms with van der Waals surface area (Å²) in [4.78, 5) is 2.36. The van der Waals surface area contributed by atoms with Crippen molar-refractivity contribution in [3.05, 3.63) is 218 Å². The summed E-state index contributed by atoms with van der Waals surface area (Å²) >= 11 is 0. The van der Waals surface area contributed by atoms with Crippen molar-refractivity contribution in [2.45, 2.75) is 0 Å². The van der Waals surface area contributed by atoms with Crippen LogP contribution in [0.1, 0.15) is 0 Å². The van der Waals surface area contributed by atoms with E-state index in [4.69, 9.17) is 4.42 Å². The van der Waals surface area contributed by atoms with Crippen molar-refractivity contribution >= 4 is 60.8 Å². The quantitative estimate of drug-likeness (QED) is 0.163. The molecule has 0 aliphatic heterocycles. The molecule has 11 rings (SSSR count). The Balaban J connectivity index is 1.00. The molecule has 268 valence electrons. The molecule has 0 atom stereocenters. The highest BCUT2D eigenvalue weighted by molar-refractivity contribution is 6.09. The SMILES string of the molecule is c1ccc(-c2ccc(-c3ccc(N(c4ccc(-c5ccc6oc7ccccc7c6c5)cc4)c4cccc(-n5c6ccccc6c6ccccc65)c4)cc3)cc2)cc1. The van der Waals surface area contributed by atoms with E-state index in [9.17, 15) is 0 Å². The Kier molecular flexibility index (Phi) is 7.82. The predicted octanol–water partition coefficient (Wildman–Crippen LogP) is 15.2. The Labute approximate surface area is 330 Å². The van der Waals surface area contributed by atoms with Gasteiger partial charge in [-0.05, 0) is 106 Å². The van der Waals surface area contributed by atoms with Crippen LogP contribution in [0.4, 0.5) is 17.1 Å². The van der Waals surface area contributed by atoms with E-state index < -0.39 is 0 Å². The Bertz CT molecular complexity index is 3160. The van der Waals surface area contributed by atoms with Crippen molar-refractivity contribution in [3.8, 4) is 39.1 Å². The zero-order chi connectivity index (χ0) is 37.7. The molecule has 3 nitrogen and oxygen atoms in total. The van der Waals surface area contributed by atoms with Gasteiger partial charge in [-0.15, -0.1) is 0 Å². The number of benzene rings is 9. The summed E-state index contributed by atoms with van der Waals surface area (Å²) in [6, 6.07) is 78.2. The van der Waals surface area contributed by atoms with Crippen LogP contribution in [-0.4, -0.2) is 4.57 Å². The molecular formula is C54H36N2O. The number of aromatic nitrogens is 1. The van der Waals surface area contributed by atoms with Gasteiger partial charge in [0.15, 0.2) is 0 Å². The molecule has 0 amide bonds. The molecule has 0 spiro atoms. The number of fused-ring (bicyclic) bond motifs is 6. The summed E-state index contributed by atoms with van der Waals surface area (Å²) in [5, 5.41) is 4.77. The third kappa shape index (κ3) is 5.76. The predicted molar refractivity (Wildman–Crippen MR) is 239 cm³/mol. The maximum absolute atomic E-state index is 6.13. The van der Waals surface area contributed by atoms with Crippen molar-refractivity contribution in [1.29, 1.82) is 0 Å². The van der Waals surface area contributed by atoms with Crippen LogP contribution in [0, 0.1) is 0 Å². The number of hydrogen-bond donors (Lipinski definition) is 0. The Hall–Kier alpha value is -7.62. The molecule has 11 aromatic rings. The van der Waals surface area contributed by atoms with E-state index in [2.05, 4.69) is 216 Å². The molecular weight excluding hydrogens is 693 g/mol. The maximum atomic E-state index is 6.13. The number of rotatable bonds is 7. The van der Waals surface area contributed by atoms with Crippen molar-refractivity contribution in [1.82, 2.24) is 4.57 Å². The fraction of sp³-hybridized carbons (Fsp3) is 0. The normalized spacial score (nSPS) is 11.5. The van der Waals surface area contributed by atoms with Crippen LogP contribution < -0.4 is 4.90 Å². The smallest absolute Gasteiger partial charge is 0.135 e. The van der Waals surface area contributed by atoms with Gasteiger partial charge in [0.25, 0.3) is 0 Å². The number of hydrogen-bond acceptors (Lipinski definition) is 2. The monoisotopic (exact) mass is 728 g/mol. The van der Waals surface area contributed by atoms with Crippen LogP contribution in [0.5, 0.6) is 0 Å². The molecule has 0 N–H and O–H groups in total. The second kappa shape index (κ2) is 13.6. The summed E-state index contributed by atoms with van der Waals surface area (Å²) in [5.41, 5.74) is 15.7. The minimum atomic E-state index is 0.904. The lowest BCUT2D eigenvalue weighted by Gasteiger charge is -2.26. The molecule has 0 saturated carbocycles. The first kappa shape index (κ1) is 32.8. The second-order valence-corrected chi connectivity index (χ2v) is 14.6. The van der Waals surface area contributed by atoms with Gasteiger partial charge in [0.1, 0.15) is 11.2 Å². The molecule has 57 heavy (non-hydrogen) atoms. The topological polar surface area (TPSA) is 21.3 Å². The number of para-hydroxylation sites is 3. The van der Waals surface area contributed by atoms with E-state index in [1.165, 1.54) is 44.1 Å². The lowest BCUT2D eigenvalue weighted by molar-refractivity contribution is 0.669. The first-order valence-corrected chi connectivity index (χ1v) is 19.4. The second-order valence-electron chi connectivity index (χ2n) is 14.6. The van der Waals surface area contributed by atoms with Gasteiger partial charge in [0.05, 0.1) is 11.0 Å². The summed E-state index contributed by atoms with van der Waals surface area (Å²) in [6.45, 7) is 0. The minimum Gasteiger partial charge on any atom is -0.456 e. The largest absolute Gasteiger partial charge is 0.456 e. The molecule has 0 fully saturated rings. The van der Waals surface area contributed by atoms with Gasteiger partial charge < -0.3 is 13.9 Å². The van der Waals surface area contributed by atoms with Gasteiger partial charge in [0, 0.05) is 44.3 Å². The maximum Gasteiger partial charge on any atom is 0.135 e. The minimum absolute atomic E-state index is 0.904. The zero-order valence-corrected chi connectivity index (χ0v) is 31.1. The van der Waals surface area contributed by atoms with Crippen LogP contribution >= 0.6 is 0 Å². The van der Waals surface area contributed by atoms with Gasteiger partial charge >= 0.3 is 0 Å². The molecule has 2 heterocycles. The number of furan rings is 1. The standard InChI is InChI=1S/C54H36N2O/c1-2-11-37(12-3-1)38-21-23-39(24-22-38)40-25-30-43(31-26-40)55(44-32-27-41(28-33-44)42-29-34-54-50(35-42)49-17-6-9-20-53(49)57-54)45-13-10-14-46(36-45)56-51-18-7-4-15-47(51)48-16-5-8-19-52(48)56/h1-36H. The van der Waals surface area contributed by atoms with E-state index in [-0.39, 0.29) is 0 Å². The molecule has 0 aliphatic carbocycles. The number of nitrogens with zero attached hydrogens (tertiary/aromatic N) is 2. The first-order chi connectivity index (χ1) is 28.2. The van der Waals surface area contributed by atoms with E-state index in [0.29, 0.717) is 0 Å². The highest BCUT2D eigenvalue weighted by Crippen LogP contribution is 2.40. The zero-order valence-electron chi connectivity index (χ0n) is 31.1. The van der Waals surface area contributed by atoms with Crippen molar-refractivity contribution in [2.75, 3.05) is 4.90 Å². The summed E-state index contributed by atoms with van der Waals surface area (Å²) in [7, 11) is 0. The van der Waals surface area contributed by atoms with Gasteiger partial charge in [0.2, 0.25) is 0 Å². The molecule has 0 radical (unpaired) electrons. The van der Waals surface area contributed by atoms with Crippen molar-refractivity contribution < 1.29 is 4.42 Å². The Morgan fingerprint density at radius 3 is 1.40 bits per heavy atom. The lowest BCUT2D eigenvalue weighted by atomic mass is 10.00. The van der Waals surface area contributed by atoms with Crippen LogP contribution in [-0.2, 0) is 0 Å². The number of anilines is 3. The summed E-state index contributed by atoms with van der Waals surface area (Å²) in [5.74, 6) is 0. The molecule has 2 aromatic heterocycles. The van der Waals surface area contributed by atoms with E-state index in [1.54, 1.807) is 0 Å². The summed E-state index contributed by atoms with van der Waals surface area (Å²) < 4.78 is 8.51. The molecule has 0 aliphatic rings. The van der Waals surface area contributed by atoms with Crippen LogP contribution in [0.2, 0.25) is 0 Å². The average Bonchev–Trinajstić information content (AvgIpc) is 3.83. The Morgan fingerprint density at radius 2 is 0.772 bits per heavy atom. The van der Waals surface area contributed by atoms with E-state index in [0.717, 1.165) is 55.8 Å². The molecule has 0 bridgehead atoms. The molecule has 0 saturated heterocycles. The van der Waals surface area contributed by atoms with E-state index >= 15 is 0 Å². The van der Waals surface area contributed by atoms with Crippen molar-refractivity contribution in [3.63, 3.8) is 0 Å². The first-order valence-electron chi connectivity index (χ1n) is 19.4. The van der Waals surface area contributed by atoms with Gasteiger partial charge in [-0.3, -0.25) is 0 Å². The van der Waals surface area contributed by atoms with Crippen LogP contribution in [0.3, 0.4) is 0 Å². The summed E-state index contributed by atoms with van der Waals surface area (Å²) in [6.07, 6.45) is 0. The molecule has 0 unspecified atom stereocenters. The van der Waals surface area contributed by atoms with Crippen molar-refractivity contribution in [2.24, 2.45) is 0 Å². The third-order valence-corrected chi connectivity index (χ3v) is 11.2.